The number of carbonyl (C=O) groups excluding carboxylic acids is 1. The number of methoxy groups -OCH3 is 1. The van der Waals surface area contributed by atoms with Crippen LogP contribution in [0.3, 0.4) is 0 Å². The topological polar surface area (TPSA) is 41.9 Å². The predicted molar refractivity (Wildman–Crippen MR) is 97.2 cm³/mol. The second-order valence-corrected chi connectivity index (χ2v) is 6.53. The van der Waals surface area contributed by atoms with Crippen LogP contribution in [-0.2, 0) is 9.53 Å². The first kappa shape index (κ1) is 17.1. The molecule has 124 valence electrons. The quantitative estimate of drug-likeness (QED) is 0.690. The fourth-order valence-corrected chi connectivity index (χ4v) is 3.21. The Morgan fingerprint density at radius 1 is 1.12 bits per heavy atom. The van der Waals surface area contributed by atoms with Gasteiger partial charge < -0.3 is 4.74 Å². The number of carbonyl (C=O) groups is 1. The zero-order chi connectivity index (χ0) is 17.3. The molecule has 7 heteroatoms. The molecule has 2 aromatic rings. The number of halogens is 3. The van der Waals surface area contributed by atoms with Gasteiger partial charge in [0.1, 0.15) is 5.71 Å². The maximum absolute atomic E-state index is 11.9. The van der Waals surface area contributed by atoms with Crippen molar-refractivity contribution in [1.29, 1.82) is 0 Å². The van der Waals surface area contributed by atoms with Gasteiger partial charge in [-0.3, -0.25) is 5.01 Å². The number of anilines is 1. The van der Waals surface area contributed by atoms with Gasteiger partial charge in [-0.1, -0.05) is 46.9 Å². The summed E-state index contributed by atoms with van der Waals surface area (Å²) in [4.78, 5) is 11.9. The Morgan fingerprint density at radius 2 is 1.79 bits per heavy atom. The van der Waals surface area contributed by atoms with Gasteiger partial charge in [-0.25, -0.2) is 4.79 Å². The smallest absolute Gasteiger partial charge is 0.354 e. The molecule has 0 radical (unpaired) electrons. The van der Waals surface area contributed by atoms with Gasteiger partial charge in [0.15, 0.2) is 0 Å². The molecule has 1 atom stereocenters. The lowest BCUT2D eigenvalue weighted by Gasteiger charge is -2.25. The first-order chi connectivity index (χ1) is 11.5. The molecule has 0 spiro atoms. The number of nitrogens with zero attached hydrogens (tertiary/aromatic N) is 2. The van der Waals surface area contributed by atoms with Gasteiger partial charge in [0.05, 0.1) is 23.9 Å². The molecule has 0 N–H and O–H groups in total. The monoisotopic (exact) mass is 382 g/mol. The van der Waals surface area contributed by atoms with E-state index in [1.54, 1.807) is 35.3 Å². The molecule has 4 nitrogen and oxygen atoms in total. The highest BCUT2D eigenvalue weighted by atomic mass is 35.5. The number of benzene rings is 2. The molecule has 1 heterocycles. The lowest BCUT2D eigenvalue weighted by Crippen LogP contribution is -2.19. The van der Waals surface area contributed by atoms with Gasteiger partial charge in [0, 0.05) is 16.5 Å². The van der Waals surface area contributed by atoms with E-state index in [1.165, 1.54) is 7.11 Å². The number of esters is 1. The Labute approximate surface area is 154 Å². The van der Waals surface area contributed by atoms with Crippen LogP contribution in [0.2, 0.25) is 15.1 Å². The molecule has 24 heavy (non-hydrogen) atoms. The fraction of sp³-hybridized carbons (Fsp3) is 0.176. The molecule has 0 fully saturated rings. The van der Waals surface area contributed by atoms with E-state index in [-0.39, 0.29) is 6.04 Å². The number of hydrogen-bond acceptors (Lipinski definition) is 4. The standard InChI is InChI=1S/C17H13Cl3N2O2/c1-24-17(23)14-9-16(10-2-4-11(18)5-3-10)22(21-14)15-7-6-12(19)8-13(15)20/h2-8,16H,9H2,1H3/t16-/m1/s1. The Morgan fingerprint density at radius 3 is 2.42 bits per heavy atom. The van der Waals surface area contributed by atoms with Crippen molar-refractivity contribution in [2.24, 2.45) is 5.10 Å². The molecule has 0 aliphatic carbocycles. The van der Waals surface area contributed by atoms with Crippen LogP contribution < -0.4 is 5.01 Å². The maximum Gasteiger partial charge on any atom is 0.354 e. The molecule has 1 aliphatic rings. The summed E-state index contributed by atoms with van der Waals surface area (Å²) in [5.41, 5.74) is 1.97. The minimum atomic E-state index is -0.457. The molecule has 3 rings (SSSR count). The second-order valence-electron chi connectivity index (χ2n) is 5.25. The highest BCUT2D eigenvalue weighted by molar-refractivity contribution is 6.38. The number of ether oxygens (including phenoxy) is 1. The zero-order valence-electron chi connectivity index (χ0n) is 12.7. The summed E-state index contributed by atoms with van der Waals surface area (Å²) in [6.45, 7) is 0. The summed E-state index contributed by atoms with van der Waals surface area (Å²) < 4.78 is 4.80. The Bertz CT molecular complexity index is 806. The van der Waals surface area contributed by atoms with Crippen molar-refractivity contribution in [2.75, 3.05) is 12.1 Å². The van der Waals surface area contributed by atoms with E-state index >= 15 is 0 Å². The van der Waals surface area contributed by atoms with Crippen molar-refractivity contribution < 1.29 is 9.53 Å². The van der Waals surface area contributed by atoms with Crippen LogP contribution in [0.25, 0.3) is 0 Å². The van der Waals surface area contributed by atoms with Crippen LogP contribution in [0.5, 0.6) is 0 Å². The van der Waals surface area contributed by atoms with Crippen LogP contribution in [0, 0.1) is 0 Å². The van der Waals surface area contributed by atoms with E-state index < -0.39 is 5.97 Å². The molecular weight excluding hydrogens is 371 g/mol. The fourth-order valence-electron chi connectivity index (χ4n) is 2.58. The highest BCUT2D eigenvalue weighted by Gasteiger charge is 2.33. The molecule has 0 aromatic heterocycles. The lowest BCUT2D eigenvalue weighted by molar-refractivity contribution is -0.132. The summed E-state index contributed by atoms with van der Waals surface area (Å²) in [6, 6.07) is 12.4. The van der Waals surface area contributed by atoms with E-state index in [2.05, 4.69) is 5.10 Å². The second kappa shape index (κ2) is 7.01. The van der Waals surface area contributed by atoms with Crippen molar-refractivity contribution in [2.45, 2.75) is 12.5 Å². The van der Waals surface area contributed by atoms with Crippen LogP contribution in [0.15, 0.2) is 47.6 Å². The summed E-state index contributed by atoms with van der Waals surface area (Å²) >= 11 is 18.2. The van der Waals surface area contributed by atoms with Gasteiger partial charge in [0.2, 0.25) is 0 Å². The molecule has 1 aliphatic heterocycles. The lowest BCUT2D eigenvalue weighted by atomic mass is 10.0. The van der Waals surface area contributed by atoms with Gasteiger partial charge >= 0.3 is 5.97 Å². The van der Waals surface area contributed by atoms with Gasteiger partial charge in [-0.15, -0.1) is 0 Å². The molecule has 0 saturated heterocycles. The van der Waals surface area contributed by atoms with Crippen molar-refractivity contribution in [3.63, 3.8) is 0 Å². The summed E-state index contributed by atoms with van der Waals surface area (Å²) in [5, 5.41) is 7.76. The van der Waals surface area contributed by atoms with Crippen molar-refractivity contribution in [3.8, 4) is 0 Å². The average Bonchev–Trinajstić information content (AvgIpc) is 3.00. The van der Waals surface area contributed by atoms with Crippen LogP contribution in [0.4, 0.5) is 5.69 Å². The zero-order valence-corrected chi connectivity index (χ0v) is 14.9. The molecular formula is C17H13Cl3N2O2. The molecule has 2 aromatic carbocycles. The van der Waals surface area contributed by atoms with Crippen LogP contribution in [0.1, 0.15) is 18.0 Å². The average molecular weight is 384 g/mol. The van der Waals surface area contributed by atoms with Crippen molar-refractivity contribution in [1.82, 2.24) is 0 Å². The Hall–Kier alpha value is -1.75. The van der Waals surface area contributed by atoms with E-state index in [1.807, 2.05) is 12.1 Å². The van der Waals surface area contributed by atoms with Crippen LogP contribution in [-0.4, -0.2) is 18.8 Å². The molecule has 0 amide bonds. The minimum absolute atomic E-state index is 0.185. The summed E-state index contributed by atoms with van der Waals surface area (Å²) in [6.07, 6.45) is 0.410. The normalized spacial score (nSPS) is 16.9. The van der Waals surface area contributed by atoms with E-state index in [0.29, 0.717) is 32.9 Å². The third kappa shape index (κ3) is 3.36. The third-order valence-corrected chi connectivity index (χ3v) is 4.53. The number of hydrazone groups is 1. The molecule has 0 unspecified atom stereocenters. The highest BCUT2D eigenvalue weighted by Crippen LogP contribution is 2.39. The van der Waals surface area contributed by atoms with Gasteiger partial charge in [0.25, 0.3) is 0 Å². The largest absolute Gasteiger partial charge is 0.464 e. The summed E-state index contributed by atoms with van der Waals surface area (Å²) in [5.74, 6) is -0.457. The molecule has 0 saturated carbocycles. The maximum atomic E-state index is 11.9. The number of rotatable bonds is 3. The predicted octanol–water partition coefficient (Wildman–Crippen LogP) is 5.13. The SMILES string of the molecule is COC(=O)C1=NN(c2ccc(Cl)cc2Cl)[C@@H](c2ccc(Cl)cc2)C1. The van der Waals surface area contributed by atoms with Gasteiger partial charge in [-0.2, -0.15) is 5.10 Å². The van der Waals surface area contributed by atoms with E-state index in [4.69, 9.17) is 39.5 Å². The van der Waals surface area contributed by atoms with Crippen molar-refractivity contribution >= 4 is 52.2 Å². The Balaban J connectivity index is 2.04. The Kier molecular flexibility index (Phi) is 4.99. The molecule has 0 bridgehead atoms. The first-order valence-corrected chi connectivity index (χ1v) is 8.28. The van der Waals surface area contributed by atoms with E-state index in [0.717, 1.165) is 5.56 Å². The third-order valence-electron chi connectivity index (χ3n) is 3.74. The van der Waals surface area contributed by atoms with Crippen molar-refractivity contribution in [3.05, 3.63) is 63.1 Å². The number of hydrogen-bond donors (Lipinski definition) is 0. The van der Waals surface area contributed by atoms with E-state index in [9.17, 15) is 4.79 Å². The summed E-state index contributed by atoms with van der Waals surface area (Å²) in [7, 11) is 1.33. The van der Waals surface area contributed by atoms with Crippen LogP contribution >= 0.6 is 34.8 Å². The minimum Gasteiger partial charge on any atom is -0.464 e. The van der Waals surface area contributed by atoms with Gasteiger partial charge in [-0.05, 0) is 35.9 Å². The first-order valence-electron chi connectivity index (χ1n) is 7.15.